The molecule has 19 heavy (non-hydrogen) atoms. The molecule has 4 heteroatoms. The third-order valence-corrected chi connectivity index (χ3v) is 4.39. The van der Waals surface area contributed by atoms with Crippen LogP contribution in [0.1, 0.15) is 57.5 Å². The van der Waals surface area contributed by atoms with Gasteiger partial charge in [0.1, 0.15) is 11.6 Å². The average molecular weight is 279 g/mol. The molecule has 1 aliphatic carbocycles. The predicted molar refractivity (Wildman–Crippen MR) is 83.8 cm³/mol. The van der Waals surface area contributed by atoms with E-state index in [-0.39, 0.29) is 0 Å². The fourth-order valence-corrected chi connectivity index (χ4v) is 2.80. The van der Waals surface area contributed by atoms with Crippen LogP contribution in [-0.4, -0.2) is 22.3 Å². The van der Waals surface area contributed by atoms with Crippen LogP contribution in [0.15, 0.2) is 6.07 Å². The lowest BCUT2D eigenvalue weighted by molar-refractivity contribution is 0.749. The van der Waals surface area contributed by atoms with Crippen LogP contribution in [0.25, 0.3) is 0 Å². The second-order valence-electron chi connectivity index (χ2n) is 5.70. The number of thioether (sulfide) groups is 1. The van der Waals surface area contributed by atoms with Crippen molar-refractivity contribution in [2.75, 3.05) is 17.6 Å². The Kier molecular flexibility index (Phi) is 5.49. The monoisotopic (exact) mass is 279 g/mol. The maximum absolute atomic E-state index is 4.73. The first kappa shape index (κ1) is 14.6. The Morgan fingerprint density at radius 2 is 2.16 bits per heavy atom. The molecule has 1 saturated carbocycles. The quantitative estimate of drug-likeness (QED) is 0.778. The third kappa shape index (κ3) is 5.01. The van der Waals surface area contributed by atoms with Gasteiger partial charge in [-0.15, -0.1) is 0 Å². The van der Waals surface area contributed by atoms with Gasteiger partial charge in [0.15, 0.2) is 0 Å². The van der Waals surface area contributed by atoms with E-state index in [1.54, 1.807) is 0 Å². The zero-order valence-corrected chi connectivity index (χ0v) is 13.1. The Hall–Kier alpha value is -0.770. The average Bonchev–Trinajstić information content (AvgIpc) is 3.20. The standard InChI is InChI=1S/C15H25N3S/c1-4-7-16-14-8-13(12-5-6-12)17-15(18-14)10-19-9-11(2)3/h8,11-12H,4-7,9-10H2,1-3H3,(H,16,17,18). The first-order valence-electron chi connectivity index (χ1n) is 7.38. The minimum atomic E-state index is 0.694. The molecule has 0 aliphatic heterocycles. The summed E-state index contributed by atoms with van der Waals surface area (Å²) >= 11 is 1.94. The Bertz CT molecular complexity index is 402. The summed E-state index contributed by atoms with van der Waals surface area (Å²) in [4.78, 5) is 9.36. The summed E-state index contributed by atoms with van der Waals surface area (Å²) in [6.45, 7) is 7.67. The van der Waals surface area contributed by atoms with Crippen molar-refractivity contribution in [3.63, 3.8) is 0 Å². The summed E-state index contributed by atoms with van der Waals surface area (Å²) in [5.41, 5.74) is 1.24. The highest BCUT2D eigenvalue weighted by Gasteiger charge is 2.26. The van der Waals surface area contributed by atoms with Gasteiger partial charge in [0.2, 0.25) is 0 Å². The number of anilines is 1. The SMILES string of the molecule is CCCNc1cc(C2CC2)nc(CSCC(C)C)n1. The van der Waals surface area contributed by atoms with Gasteiger partial charge in [0.25, 0.3) is 0 Å². The lowest BCUT2D eigenvalue weighted by Gasteiger charge is -2.09. The molecular formula is C15H25N3S. The van der Waals surface area contributed by atoms with Gasteiger partial charge in [-0.2, -0.15) is 11.8 Å². The van der Waals surface area contributed by atoms with Crippen molar-refractivity contribution in [3.8, 4) is 0 Å². The van der Waals surface area contributed by atoms with Crippen molar-refractivity contribution in [1.82, 2.24) is 9.97 Å². The first-order chi connectivity index (χ1) is 9.19. The van der Waals surface area contributed by atoms with Crippen molar-refractivity contribution >= 4 is 17.6 Å². The van der Waals surface area contributed by atoms with E-state index in [1.165, 1.54) is 24.3 Å². The number of hydrogen-bond acceptors (Lipinski definition) is 4. The Labute approximate surface area is 121 Å². The van der Waals surface area contributed by atoms with Gasteiger partial charge < -0.3 is 5.32 Å². The van der Waals surface area contributed by atoms with Crippen LogP contribution in [0, 0.1) is 5.92 Å². The Morgan fingerprint density at radius 3 is 2.79 bits per heavy atom. The van der Waals surface area contributed by atoms with Gasteiger partial charge in [-0.05, 0) is 30.9 Å². The molecule has 1 aliphatic rings. The molecule has 1 fully saturated rings. The van der Waals surface area contributed by atoms with E-state index < -0.39 is 0 Å². The molecule has 1 N–H and O–H groups in total. The maximum atomic E-state index is 4.73. The molecule has 1 aromatic heterocycles. The molecule has 0 bridgehead atoms. The molecule has 0 spiro atoms. The molecular weight excluding hydrogens is 254 g/mol. The smallest absolute Gasteiger partial charge is 0.140 e. The second-order valence-corrected chi connectivity index (χ2v) is 6.73. The van der Waals surface area contributed by atoms with Crippen molar-refractivity contribution in [2.24, 2.45) is 5.92 Å². The van der Waals surface area contributed by atoms with E-state index in [2.05, 4.69) is 37.1 Å². The number of hydrogen-bond donors (Lipinski definition) is 1. The second kappa shape index (κ2) is 7.13. The minimum Gasteiger partial charge on any atom is -0.370 e. The van der Waals surface area contributed by atoms with Gasteiger partial charge in [-0.3, -0.25) is 0 Å². The Morgan fingerprint density at radius 1 is 1.37 bits per heavy atom. The van der Waals surface area contributed by atoms with E-state index in [0.717, 1.165) is 36.3 Å². The van der Waals surface area contributed by atoms with Gasteiger partial charge in [0, 0.05) is 24.2 Å². The highest BCUT2D eigenvalue weighted by atomic mass is 32.2. The summed E-state index contributed by atoms with van der Waals surface area (Å²) in [5, 5.41) is 3.40. The molecule has 1 aromatic rings. The van der Waals surface area contributed by atoms with Crippen LogP contribution in [0.2, 0.25) is 0 Å². The predicted octanol–water partition coefficient (Wildman–Crippen LogP) is 4.07. The summed E-state index contributed by atoms with van der Waals surface area (Å²) < 4.78 is 0. The van der Waals surface area contributed by atoms with E-state index in [1.807, 2.05) is 11.8 Å². The fraction of sp³-hybridized carbons (Fsp3) is 0.733. The molecule has 0 amide bonds. The van der Waals surface area contributed by atoms with Crippen LogP contribution < -0.4 is 5.32 Å². The molecule has 0 atom stereocenters. The summed E-state index contributed by atoms with van der Waals surface area (Å²) in [6.07, 6.45) is 3.71. The highest BCUT2D eigenvalue weighted by Crippen LogP contribution is 2.39. The van der Waals surface area contributed by atoms with Gasteiger partial charge in [-0.1, -0.05) is 20.8 Å². The first-order valence-corrected chi connectivity index (χ1v) is 8.54. The Balaban J connectivity index is 2.01. The van der Waals surface area contributed by atoms with Crippen molar-refractivity contribution < 1.29 is 0 Å². The lowest BCUT2D eigenvalue weighted by Crippen LogP contribution is -2.07. The number of nitrogens with one attached hydrogen (secondary N) is 1. The molecule has 0 radical (unpaired) electrons. The number of rotatable bonds is 8. The normalized spacial score (nSPS) is 14.9. The van der Waals surface area contributed by atoms with E-state index in [0.29, 0.717) is 5.92 Å². The van der Waals surface area contributed by atoms with Gasteiger partial charge in [-0.25, -0.2) is 9.97 Å². The molecule has 0 aromatic carbocycles. The molecule has 1 heterocycles. The molecule has 2 rings (SSSR count). The van der Waals surface area contributed by atoms with Crippen LogP contribution in [-0.2, 0) is 5.75 Å². The number of aromatic nitrogens is 2. The molecule has 0 unspecified atom stereocenters. The van der Waals surface area contributed by atoms with Gasteiger partial charge in [0.05, 0.1) is 5.75 Å². The fourth-order valence-electron chi connectivity index (χ4n) is 1.90. The van der Waals surface area contributed by atoms with E-state index >= 15 is 0 Å². The van der Waals surface area contributed by atoms with E-state index in [4.69, 9.17) is 4.98 Å². The highest BCUT2D eigenvalue weighted by molar-refractivity contribution is 7.98. The topological polar surface area (TPSA) is 37.8 Å². The number of nitrogens with zero attached hydrogens (tertiary/aromatic N) is 2. The molecule has 0 saturated heterocycles. The van der Waals surface area contributed by atoms with Crippen LogP contribution >= 0.6 is 11.8 Å². The third-order valence-electron chi connectivity index (χ3n) is 3.03. The minimum absolute atomic E-state index is 0.694. The van der Waals surface area contributed by atoms with Crippen molar-refractivity contribution in [2.45, 2.75) is 51.7 Å². The summed E-state index contributed by atoms with van der Waals surface area (Å²) in [7, 11) is 0. The lowest BCUT2D eigenvalue weighted by atomic mass is 10.2. The molecule has 3 nitrogen and oxygen atoms in total. The van der Waals surface area contributed by atoms with E-state index in [9.17, 15) is 0 Å². The van der Waals surface area contributed by atoms with Crippen LogP contribution in [0.4, 0.5) is 5.82 Å². The van der Waals surface area contributed by atoms with Crippen molar-refractivity contribution in [1.29, 1.82) is 0 Å². The van der Waals surface area contributed by atoms with Gasteiger partial charge >= 0.3 is 0 Å². The summed E-state index contributed by atoms with van der Waals surface area (Å²) in [5.74, 6) is 5.54. The summed E-state index contributed by atoms with van der Waals surface area (Å²) in [6, 6.07) is 2.14. The zero-order chi connectivity index (χ0) is 13.7. The zero-order valence-electron chi connectivity index (χ0n) is 12.3. The maximum Gasteiger partial charge on any atom is 0.140 e. The van der Waals surface area contributed by atoms with Crippen molar-refractivity contribution in [3.05, 3.63) is 17.6 Å². The largest absolute Gasteiger partial charge is 0.370 e. The molecule has 106 valence electrons. The van der Waals surface area contributed by atoms with Crippen LogP contribution in [0.3, 0.4) is 0 Å². The van der Waals surface area contributed by atoms with Crippen LogP contribution in [0.5, 0.6) is 0 Å².